The Labute approximate surface area is 200 Å². The highest BCUT2D eigenvalue weighted by molar-refractivity contribution is 7.10. The van der Waals surface area contributed by atoms with Crippen molar-refractivity contribution in [2.75, 3.05) is 0 Å². The molecule has 3 heterocycles. The third-order valence-electron chi connectivity index (χ3n) is 4.97. The van der Waals surface area contributed by atoms with Gasteiger partial charge in [-0.25, -0.2) is 9.97 Å². The monoisotopic (exact) mass is 507 g/mol. The number of alkyl halides is 3. The van der Waals surface area contributed by atoms with Gasteiger partial charge in [0.25, 0.3) is 5.91 Å². The van der Waals surface area contributed by atoms with Crippen LogP contribution in [0.25, 0.3) is 22.8 Å². The Morgan fingerprint density at radius 1 is 1.06 bits per heavy atom. The van der Waals surface area contributed by atoms with Crippen LogP contribution in [0.4, 0.5) is 13.2 Å². The molecule has 4 aromatic rings. The van der Waals surface area contributed by atoms with Crippen LogP contribution < -0.4 is 5.73 Å². The van der Waals surface area contributed by atoms with Gasteiger partial charge in [-0.1, -0.05) is 48.8 Å². The second kappa shape index (κ2) is 8.80. The third-order valence-corrected chi connectivity index (χ3v) is 6.43. The molecule has 1 amide bonds. The maximum Gasteiger partial charge on any atom is 0.471 e. The molecule has 1 aromatic carbocycles. The number of amides is 1. The molecule has 0 aliphatic heterocycles. The Kier molecular flexibility index (Phi) is 6.17. The fourth-order valence-corrected chi connectivity index (χ4v) is 4.38. The molecule has 0 saturated heterocycles. The number of carbonyl (C=O) groups excluding carboxylic acids is 1. The van der Waals surface area contributed by atoms with Crippen LogP contribution in [0.2, 0.25) is 5.02 Å². The topological polar surface area (TPSA) is 108 Å². The predicted molar refractivity (Wildman–Crippen MR) is 120 cm³/mol. The van der Waals surface area contributed by atoms with Crippen LogP contribution in [0, 0.1) is 0 Å². The molecule has 7 nitrogen and oxygen atoms in total. The molecular weight excluding hydrogens is 491 g/mol. The molecular formula is C22H17ClF3N5O2S. The number of aromatic nitrogens is 4. The molecule has 0 atom stereocenters. The van der Waals surface area contributed by atoms with Crippen LogP contribution in [0.5, 0.6) is 0 Å². The van der Waals surface area contributed by atoms with Crippen LogP contribution in [0.1, 0.15) is 40.8 Å². The van der Waals surface area contributed by atoms with E-state index in [4.69, 9.17) is 22.3 Å². The summed E-state index contributed by atoms with van der Waals surface area (Å²) in [5.74, 6) is -2.73. The van der Waals surface area contributed by atoms with Crippen LogP contribution in [-0.4, -0.2) is 26.0 Å². The Bertz CT molecular complexity index is 1350. The fourth-order valence-electron chi connectivity index (χ4n) is 3.30. The van der Waals surface area contributed by atoms with Gasteiger partial charge in [0.1, 0.15) is 11.4 Å². The quantitative estimate of drug-likeness (QED) is 0.367. The lowest BCUT2D eigenvalue weighted by Gasteiger charge is -2.23. The van der Waals surface area contributed by atoms with E-state index >= 15 is 0 Å². The molecule has 34 heavy (non-hydrogen) atoms. The highest BCUT2D eigenvalue weighted by Crippen LogP contribution is 2.34. The first kappa shape index (κ1) is 23.8. The second-order valence-corrected chi connectivity index (χ2v) is 9.39. The molecule has 0 fully saturated rings. The van der Waals surface area contributed by atoms with Crippen molar-refractivity contribution in [3.05, 3.63) is 69.0 Å². The summed E-state index contributed by atoms with van der Waals surface area (Å²) in [7, 11) is 0. The zero-order valence-electron chi connectivity index (χ0n) is 17.9. The van der Waals surface area contributed by atoms with Crippen molar-refractivity contribution in [2.45, 2.75) is 31.9 Å². The summed E-state index contributed by atoms with van der Waals surface area (Å²) < 4.78 is 42.5. The molecule has 3 aromatic heterocycles. The van der Waals surface area contributed by atoms with Gasteiger partial charge in [-0.05, 0) is 30.2 Å². The molecule has 12 heteroatoms. The van der Waals surface area contributed by atoms with E-state index in [2.05, 4.69) is 19.6 Å². The lowest BCUT2D eigenvalue weighted by molar-refractivity contribution is -0.159. The summed E-state index contributed by atoms with van der Waals surface area (Å²) in [6.45, 7) is 3.93. The standard InChI is InChI=1S/C22H17ClF3N5O2S/c1-21(2,20-29-15(10-34-20)11-3-6-13(23)7-4-11)9-12-5-8-14(28-16(12)17(27)32)18-30-19(33-31-18)22(24,25)26/h3-8,10H,9H2,1-2H3,(H2,27,32). The summed E-state index contributed by atoms with van der Waals surface area (Å²) in [6.07, 6.45) is -4.44. The number of rotatable bonds is 6. The molecule has 0 spiro atoms. The van der Waals surface area contributed by atoms with Gasteiger partial charge in [-0.3, -0.25) is 4.79 Å². The Morgan fingerprint density at radius 3 is 2.38 bits per heavy atom. The van der Waals surface area contributed by atoms with E-state index in [1.807, 2.05) is 31.4 Å². The maximum atomic E-state index is 12.8. The number of benzene rings is 1. The largest absolute Gasteiger partial charge is 0.471 e. The maximum absolute atomic E-state index is 12.8. The van der Waals surface area contributed by atoms with Crippen molar-refractivity contribution in [1.29, 1.82) is 0 Å². The number of nitrogens with zero attached hydrogens (tertiary/aromatic N) is 4. The number of pyridine rings is 1. The Morgan fingerprint density at radius 2 is 1.76 bits per heavy atom. The zero-order valence-corrected chi connectivity index (χ0v) is 19.4. The van der Waals surface area contributed by atoms with Gasteiger partial charge in [0.05, 0.1) is 10.7 Å². The Balaban J connectivity index is 1.62. The van der Waals surface area contributed by atoms with Gasteiger partial charge in [-0.2, -0.15) is 18.2 Å². The minimum absolute atomic E-state index is 0.0612. The first-order valence-corrected chi connectivity index (χ1v) is 11.1. The van der Waals surface area contributed by atoms with Crippen molar-refractivity contribution in [3.8, 4) is 22.8 Å². The number of nitrogens with two attached hydrogens (primary N) is 1. The molecule has 0 saturated carbocycles. The first-order chi connectivity index (χ1) is 15.9. The average molecular weight is 508 g/mol. The SMILES string of the molecule is CC(C)(Cc1ccc(-c2noc(C(F)(F)F)n2)nc1C(N)=O)c1nc(-c2ccc(Cl)cc2)cs1. The predicted octanol–water partition coefficient (Wildman–Crippen LogP) is 5.55. The van der Waals surface area contributed by atoms with Gasteiger partial charge < -0.3 is 10.3 Å². The van der Waals surface area contributed by atoms with Crippen molar-refractivity contribution >= 4 is 28.8 Å². The van der Waals surface area contributed by atoms with Crippen molar-refractivity contribution in [3.63, 3.8) is 0 Å². The van der Waals surface area contributed by atoms with E-state index in [0.29, 0.717) is 17.0 Å². The number of hydrogen-bond acceptors (Lipinski definition) is 7. The molecule has 0 aliphatic carbocycles. The molecule has 2 N–H and O–H groups in total. The van der Waals surface area contributed by atoms with E-state index in [1.165, 1.54) is 17.4 Å². The van der Waals surface area contributed by atoms with E-state index in [1.54, 1.807) is 18.2 Å². The van der Waals surface area contributed by atoms with E-state index in [0.717, 1.165) is 16.3 Å². The van der Waals surface area contributed by atoms with E-state index < -0.39 is 29.2 Å². The number of halogens is 4. The van der Waals surface area contributed by atoms with Gasteiger partial charge in [-0.15, -0.1) is 11.3 Å². The van der Waals surface area contributed by atoms with Gasteiger partial charge >= 0.3 is 12.1 Å². The van der Waals surface area contributed by atoms with Crippen molar-refractivity contribution in [2.24, 2.45) is 5.73 Å². The summed E-state index contributed by atoms with van der Waals surface area (Å²) in [4.78, 5) is 24.3. The van der Waals surface area contributed by atoms with Crippen molar-refractivity contribution < 1.29 is 22.5 Å². The smallest absolute Gasteiger partial charge is 0.364 e. The van der Waals surface area contributed by atoms with E-state index in [-0.39, 0.29) is 11.4 Å². The lowest BCUT2D eigenvalue weighted by atomic mass is 9.85. The van der Waals surface area contributed by atoms with Crippen molar-refractivity contribution in [1.82, 2.24) is 20.1 Å². The van der Waals surface area contributed by atoms with E-state index in [9.17, 15) is 18.0 Å². The van der Waals surface area contributed by atoms with Crippen LogP contribution in [0.15, 0.2) is 46.3 Å². The number of carbonyl (C=O) groups is 1. The Hall–Kier alpha value is -3.31. The number of hydrogen-bond donors (Lipinski definition) is 1. The summed E-state index contributed by atoms with van der Waals surface area (Å²) in [6, 6.07) is 10.3. The molecule has 4 rings (SSSR count). The molecule has 0 aliphatic rings. The molecule has 176 valence electrons. The van der Waals surface area contributed by atoms with Gasteiger partial charge in [0.15, 0.2) is 0 Å². The first-order valence-electron chi connectivity index (χ1n) is 9.87. The summed E-state index contributed by atoms with van der Waals surface area (Å²) >= 11 is 7.43. The van der Waals surface area contributed by atoms with Gasteiger partial charge in [0.2, 0.25) is 5.82 Å². The molecule has 0 bridgehead atoms. The third kappa shape index (κ3) is 4.95. The van der Waals surface area contributed by atoms with Crippen LogP contribution in [-0.2, 0) is 18.0 Å². The van der Waals surface area contributed by atoms with Crippen LogP contribution in [0.3, 0.4) is 0 Å². The molecule has 0 radical (unpaired) electrons. The average Bonchev–Trinajstić information content (AvgIpc) is 3.45. The number of primary amides is 1. The fraction of sp³-hybridized carbons (Fsp3) is 0.227. The summed E-state index contributed by atoms with van der Waals surface area (Å²) in [5.41, 5.74) is 7.10. The van der Waals surface area contributed by atoms with Crippen LogP contribution >= 0.6 is 22.9 Å². The normalized spacial score (nSPS) is 12.2. The summed E-state index contributed by atoms with van der Waals surface area (Å²) in [5, 5.41) is 6.69. The molecule has 0 unspecified atom stereocenters. The second-order valence-electron chi connectivity index (χ2n) is 8.09. The minimum Gasteiger partial charge on any atom is -0.364 e. The number of thiazole rings is 1. The minimum atomic E-state index is -4.79. The highest BCUT2D eigenvalue weighted by atomic mass is 35.5. The lowest BCUT2D eigenvalue weighted by Crippen LogP contribution is -2.24. The van der Waals surface area contributed by atoms with Gasteiger partial charge in [0, 0.05) is 21.4 Å². The zero-order chi connectivity index (χ0) is 24.7. The highest BCUT2D eigenvalue weighted by Gasteiger charge is 2.38.